The van der Waals surface area contributed by atoms with Gasteiger partial charge in [0.05, 0.1) is 6.42 Å². The Morgan fingerprint density at radius 3 is 2.52 bits per heavy atom. The van der Waals surface area contributed by atoms with Crippen molar-refractivity contribution in [1.82, 2.24) is 5.06 Å². The minimum absolute atomic E-state index is 0.112. The summed E-state index contributed by atoms with van der Waals surface area (Å²) in [5.74, 6) is 0.314. The lowest BCUT2D eigenvalue weighted by Gasteiger charge is -2.24. The van der Waals surface area contributed by atoms with E-state index < -0.39 is 0 Å². The molecule has 0 aliphatic carbocycles. The molecule has 3 rings (SSSR count). The molecule has 4 nitrogen and oxygen atoms in total. The first-order valence-electron chi connectivity index (χ1n) is 6.42. The SMILES string of the molecule is CN1Oc2cc(C(=O)c3ccc(Cl)cc3)ccc2CC1=O. The van der Waals surface area contributed by atoms with Gasteiger partial charge in [0.25, 0.3) is 5.91 Å². The van der Waals surface area contributed by atoms with E-state index in [2.05, 4.69) is 0 Å². The van der Waals surface area contributed by atoms with Crippen LogP contribution in [0.2, 0.25) is 5.02 Å². The van der Waals surface area contributed by atoms with Crippen LogP contribution in [-0.4, -0.2) is 23.8 Å². The molecule has 1 heterocycles. The lowest BCUT2D eigenvalue weighted by atomic mass is 10.00. The smallest absolute Gasteiger partial charge is 0.259 e. The highest BCUT2D eigenvalue weighted by atomic mass is 35.5. The number of hydroxylamine groups is 2. The lowest BCUT2D eigenvalue weighted by molar-refractivity contribution is -0.154. The zero-order valence-electron chi connectivity index (χ0n) is 11.3. The van der Waals surface area contributed by atoms with Gasteiger partial charge in [-0.05, 0) is 30.3 Å². The Kier molecular flexibility index (Phi) is 3.39. The summed E-state index contributed by atoms with van der Waals surface area (Å²) in [7, 11) is 1.55. The maximum Gasteiger partial charge on any atom is 0.259 e. The highest BCUT2D eigenvalue weighted by molar-refractivity contribution is 6.30. The number of nitrogens with zero attached hydrogens (tertiary/aromatic N) is 1. The van der Waals surface area contributed by atoms with Crippen molar-refractivity contribution in [3.8, 4) is 5.75 Å². The molecule has 0 N–H and O–H groups in total. The number of ketones is 1. The van der Waals surface area contributed by atoms with Crippen LogP contribution in [0.3, 0.4) is 0 Å². The molecule has 1 amide bonds. The molecular formula is C16H12ClNO3. The number of hydrogen-bond donors (Lipinski definition) is 0. The molecule has 21 heavy (non-hydrogen) atoms. The van der Waals surface area contributed by atoms with E-state index >= 15 is 0 Å². The molecule has 106 valence electrons. The first-order chi connectivity index (χ1) is 10.0. The second-order valence-corrected chi connectivity index (χ2v) is 5.25. The molecule has 0 aromatic heterocycles. The van der Waals surface area contributed by atoms with Crippen molar-refractivity contribution >= 4 is 23.3 Å². The van der Waals surface area contributed by atoms with Crippen molar-refractivity contribution in [3.05, 3.63) is 64.2 Å². The van der Waals surface area contributed by atoms with Crippen molar-refractivity contribution in [2.24, 2.45) is 0 Å². The topological polar surface area (TPSA) is 46.6 Å². The van der Waals surface area contributed by atoms with Gasteiger partial charge in [-0.25, -0.2) is 0 Å². The zero-order valence-corrected chi connectivity index (χ0v) is 12.1. The molecular weight excluding hydrogens is 290 g/mol. The predicted octanol–water partition coefficient (Wildman–Crippen LogP) is 2.88. The molecule has 0 saturated carbocycles. The van der Waals surface area contributed by atoms with Crippen LogP contribution in [0.15, 0.2) is 42.5 Å². The number of carbonyl (C=O) groups is 2. The zero-order chi connectivity index (χ0) is 15.0. The van der Waals surface area contributed by atoms with Crippen LogP contribution in [0.5, 0.6) is 5.75 Å². The minimum atomic E-state index is -0.113. The average Bonchev–Trinajstić information content (AvgIpc) is 2.48. The highest BCUT2D eigenvalue weighted by Gasteiger charge is 2.23. The Hall–Kier alpha value is -2.33. The summed E-state index contributed by atoms with van der Waals surface area (Å²) in [6.07, 6.45) is 0.279. The van der Waals surface area contributed by atoms with Gasteiger partial charge < -0.3 is 4.84 Å². The number of carbonyl (C=O) groups excluding carboxylic acids is 2. The van der Waals surface area contributed by atoms with E-state index in [1.807, 2.05) is 0 Å². The lowest BCUT2D eigenvalue weighted by Crippen LogP contribution is -2.35. The number of rotatable bonds is 2. The standard InChI is InChI=1S/C16H12ClNO3/c1-18-15(19)9-11-2-3-12(8-14(11)21-18)16(20)10-4-6-13(17)7-5-10/h2-8H,9H2,1H3. The molecule has 5 heteroatoms. The summed E-state index contributed by atoms with van der Waals surface area (Å²) in [4.78, 5) is 29.4. The third kappa shape index (κ3) is 2.62. The highest BCUT2D eigenvalue weighted by Crippen LogP contribution is 2.27. The number of likely N-dealkylation sites (N-methyl/N-ethyl adjacent to an activating group) is 1. The molecule has 1 aliphatic rings. The molecule has 0 unspecified atom stereocenters. The second kappa shape index (κ2) is 5.22. The van der Waals surface area contributed by atoms with Crippen LogP contribution in [0.1, 0.15) is 21.5 Å². The molecule has 0 spiro atoms. The first-order valence-corrected chi connectivity index (χ1v) is 6.80. The summed E-state index contributed by atoms with van der Waals surface area (Å²) >= 11 is 5.82. The number of halogens is 1. The Balaban J connectivity index is 1.93. The fourth-order valence-electron chi connectivity index (χ4n) is 2.17. The van der Waals surface area contributed by atoms with Crippen molar-refractivity contribution in [3.63, 3.8) is 0 Å². The van der Waals surface area contributed by atoms with E-state index in [9.17, 15) is 9.59 Å². The summed E-state index contributed by atoms with van der Waals surface area (Å²) in [6, 6.07) is 11.8. The fourth-order valence-corrected chi connectivity index (χ4v) is 2.29. The summed E-state index contributed by atoms with van der Waals surface area (Å²) < 4.78 is 0. The predicted molar refractivity (Wildman–Crippen MR) is 78.4 cm³/mol. The van der Waals surface area contributed by atoms with E-state index in [1.165, 1.54) is 5.06 Å². The van der Waals surface area contributed by atoms with E-state index in [4.69, 9.17) is 16.4 Å². The molecule has 0 fully saturated rings. The van der Waals surface area contributed by atoms with Gasteiger partial charge in [-0.3, -0.25) is 9.59 Å². The maximum atomic E-state index is 12.4. The van der Waals surface area contributed by atoms with E-state index in [0.717, 1.165) is 5.56 Å². The summed E-state index contributed by atoms with van der Waals surface area (Å²) in [6.45, 7) is 0. The molecule has 0 atom stereocenters. The molecule has 2 aromatic carbocycles. The minimum Gasteiger partial charge on any atom is -0.377 e. The molecule has 2 aromatic rings. The van der Waals surface area contributed by atoms with Gasteiger partial charge in [0.15, 0.2) is 11.5 Å². The van der Waals surface area contributed by atoms with Crippen LogP contribution in [0.4, 0.5) is 0 Å². The maximum absolute atomic E-state index is 12.4. The van der Waals surface area contributed by atoms with Crippen LogP contribution in [0, 0.1) is 0 Å². The van der Waals surface area contributed by atoms with Crippen molar-refractivity contribution < 1.29 is 14.4 Å². The Labute approximate surface area is 126 Å². The third-order valence-corrected chi connectivity index (χ3v) is 3.62. The monoisotopic (exact) mass is 301 g/mol. The quantitative estimate of drug-likeness (QED) is 0.801. The van der Waals surface area contributed by atoms with E-state index in [1.54, 1.807) is 49.5 Å². The Bertz CT molecular complexity index is 725. The van der Waals surface area contributed by atoms with Crippen LogP contribution in [-0.2, 0) is 11.2 Å². The number of fused-ring (bicyclic) bond motifs is 1. The first kappa shape index (κ1) is 13.6. The molecule has 1 aliphatic heterocycles. The largest absolute Gasteiger partial charge is 0.377 e. The van der Waals surface area contributed by atoms with E-state index in [0.29, 0.717) is 21.9 Å². The summed E-state index contributed by atoms with van der Waals surface area (Å²) in [5, 5.41) is 1.76. The van der Waals surface area contributed by atoms with Crippen LogP contribution < -0.4 is 4.84 Å². The number of benzene rings is 2. The van der Waals surface area contributed by atoms with Crippen molar-refractivity contribution in [2.45, 2.75) is 6.42 Å². The van der Waals surface area contributed by atoms with Gasteiger partial charge >= 0.3 is 0 Å². The van der Waals surface area contributed by atoms with Gasteiger partial charge in [-0.1, -0.05) is 23.7 Å². The van der Waals surface area contributed by atoms with Gasteiger partial charge in [0.1, 0.15) is 0 Å². The normalized spacial score (nSPS) is 13.6. The average molecular weight is 302 g/mol. The number of hydrogen-bond acceptors (Lipinski definition) is 3. The van der Waals surface area contributed by atoms with Crippen molar-refractivity contribution in [1.29, 1.82) is 0 Å². The van der Waals surface area contributed by atoms with Crippen LogP contribution in [0.25, 0.3) is 0 Å². The van der Waals surface area contributed by atoms with Gasteiger partial charge in [0.2, 0.25) is 0 Å². The third-order valence-electron chi connectivity index (χ3n) is 3.36. The summed E-state index contributed by atoms with van der Waals surface area (Å²) in [5.41, 5.74) is 1.85. The molecule has 0 radical (unpaired) electrons. The van der Waals surface area contributed by atoms with Gasteiger partial charge in [0, 0.05) is 28.8 Å². The molecule has 0 bridgehead atoms. The van der Waals surface area contributed by atoms with Crippen molar-refractivity contribution in [2.75, 3.05) is 7.05 Å². The molecule has 0 saturated heterocycles. The van der Waals surface area contributed by atoms with E-state index in [-0.39, 0.29) is 18.1 Å². The van der Waals surface area contributed by atoms with Crippen LogP contribution >= 0.6 is 11.6 Å². The fraction of sp³-hybridized carbons (Fsp3) is 0.125. The van der Waals surface area contributed by atoms with Gasteiger partial charge in [-0.15, -0.1) is 0 Å². The Morgan fingerprint density at radius 2 is 1.81 bits per heavy atom. The Morgan fingerprint density at radius 1 is 1.14 bits per heavy atom. The second-order valence-electron chi connectivity index (χ2n) is 4.82. The number of amides is 1. The van der Waals surface area contributed by atoms with Gasteiger partial charge in [-0.2, -0.15) is 5.06 Å².